The number of rotatable bonds is 5. The lowest BCUT2D eigenvalue weighted by Crippen LogP contribution is -2.31. The molecule has 1 aromatic rings. The number of nitrogens with two attached hydrogens (primary N) is 1. The predicted molar refractivity (Wildman–Crippen MR) is 73.6 cm³/mol. The summed E-state index contributed by atoms with van der Waals surface area (Å²) in [6, 6.07) is 0. The van der Waals surface area contributed by atoms with Gasteiger partial charge in [0.05, 0.1) is 5.69 Å². The number of carbonyl (C=O) groups is 1. The molecule has 0 aromatic carbocycles. The molecule has 1 heterocycles. The van der Waals surface area contributed by atoms with Crippen LogP contribution in [-0.4, -0.2) is 43.0 Å². The van der Waals surface area contributed by atoms with Gasteiger partial charge in [-0.3, -0.25) is 9.89 Å². The lowest BCUT2D eigenvalue weighted by molar-refractivity contribution is 0.0777. The number of hydrogen-bond acceptors (Lipinski definition) is 4. The van der Waals surface area contributed by atoms with Gasteiger partial charge in [0, 0.05) is 13.6 Å². The molecule has 8 heteroatoms. The van der Waals surface area contributed by atoms with E-state index in [1.54, 1.807) is 14.0 Å². The summed E-state index contributed by atoms with van der Waals surface area (Å²) >= 11 is 0. The monoisotopic (exact) mass is 300 g/mol. The minimum absolute atomic E-state index is 0.111. The number of sulfonamides is 1. The highest BCUT2D eigenvalue weighted by Gasteiger charge is 2.36. The quantitative estimate of drug-likeness (QED) is 0.817. The standard InChI is InChI=1S/C12H20N4O3S/c1-4-9-11(20(13,18)19)10(15-14-9)12(17)16(3)6-8-5-7(8)2/h7-8H,4-6H2,1-3H3,(H,14,15)(H2,13,18,19). The number of nitrogens with zero attached hydrogens (tertiary/aromatic N) is 2. The molecule has 1 fully saturated rings. The third kappa shape index (κ3) is 2.85. The van der Waals surface area contributed by atoms with Gasteiger partial charge in [-0.1, -0.05) is 13.8 Å². The third-order valence-corrected chi connectivity index (χ3v) is 4.77. The van der Waals surface area contributed by atoms with Crippen LogP contribution in [0.25, 0.3) is 0 Å². The number of carbonyl (C=O) groups excluding carboxylic acids is 1. The van der Waals surface area contributed by atoms with Crippen LogP contribution in [0.4, 0.5) is 0 Å². The minimum atomic E-state index is -3.98. The Morgan fingerprint density at radius 2 is 2.15 bits per heavy atom. The van der Waals surface area contributed by atoms with Gasteiger partial charge in [-0.25, -0.2) is 13.6 Å². The zero-order chi connectivity index (χ0) is 15.1. The van der Waals surface area contributed by atoms with Crippen LogP contribution in [0, 0.1) is 11.8 Å². The molecule has 0 bridgehead atoms. The van der Waals surface area contributed by atoms with Gasteiger partial charge in [-0.05, 0) is 24.7 Å². The first-order chi connectivity index (χ1) is 9.25. The Morgan fingerprint density at radius 1 is 1.55 bits per heavy atom. The van der Waals surface area contributed by atoms with Crippen molar-refractivity contribution in [1.29, 1.82) is 0 Å². The van der Waals surface area contributed by atoms with Gasteiger partial charge in [0.2, 0.25) is 10.0 Å². The molecule has 0 radical (unpaired) electrons. The summed E-state index contributed by atoms with van der Waals surface area (Å²) in [4.78, 5) is 13.7. The Kier molecular flexibility index (Phi) is 3.88. The maximum absolute atomic E-state index is 12.3. The average molecular weight is 300 g/mol. The number of hydrogen-bond donors (Lipinski definition) is 2. The highest BCUT2D eigenvalue weighted by Crippen LogP contribution is 2.38. The molecule has 112 valence electrons. The fourth-order valence-corrected chi connectivity index (χ4v) is 3.26. The third-order valence-electron chi connectivity index (χ3n) is 3.76. The summed E-state index contributed by atoms with van der Waals surface area (Å²) in [6.45, 7) is 4.51. The molecule has 20 heavy (non-hydrogen) atoms. The van der Waals surface area contributed by atoms with E-state index in [9.17, 15) is 13.2 Å². The minimum Gasteiger partial charge on any atom is -0.340 e. The highest BCUT2D eigenvalue weighted by atomic mass is 32.2. The fraction of sp³-hybridized carbons (Fsp3) is 0.667. The molecule has 0 saturated heterocycles. The van der Waals surface area contributed by atoms with Crippen molar-refractivity contribution in [1.82, 2.24) is 15.1 Å². The van der Waals surface area contributed by atoms with Gasteiger partial charge in [0.1, 0.15) is 4.90 Å². The number of H-pyrrole nitrogens is 1. The van der Waals surface area contributed by atoms with Crippen LogP contribution in [-0.2, 0) is 16.4 Å². The fourth-order valence-electron chi connectivity index (χ4n) is 2.33. The van der Waals surface area contributed by atoms with Gasteiger partial charge in [0.25, 0.3) is 5.91 Å². The SMILES string of the molecule is CCc1[nH]nc(C(=O)N(C)CC2CC2C)c1S(N)(=O)=O. The van der Waals surface area contributed by atoms with Crippen LogP contribution < -0.4 is 5.14 Å². The predicted octanol–water partition coefficient (Wildman–Crippen LogP) is 0.348. The lowest BCUT2D eigenvalue weighted by Gasteiger charge is -2.16. The molecule has 0 spiro atoms. The molecule has 3 N–H and O–H groups in total. The van der Waals surface area contributed by atoms with Crippen LogP contribution in [0.2, 0.25) is 0 Å². The first-order valence-corrected chi connectivity index (χ1v) is 8.15. The Bertz CT molecular complexity index is 623. The Labute approximate surface area is 118 Å². The van der Waals surface area contributed by atoms with Crippen LogP contribution >= 0.6 is 0 Å². The number of amides is 1. The van der Waals surface area contributed by atoms with E-state index in [1.165, 1.54) is 4.90 Å². The second-order valence-electron chi connectivity index (χ2n) is 5.44. The second kappa shape index (κ2) is 5.17. The van der Waals surface area contributed by atoms with E-state index in [0.29, 0.717) is 30.5 Å². The van der Waals surface area contributed by atoms with Crippen molar-refractivity contribution >= 4 is 15.9 Å². The molecule has 1 aliphatic carbocycles. The largest absolute Gasteiger partial charge is 0.340 e. The van der Waals surface area contributed by atoms with E-state index in [4.69, 9.17) is 5.14 Å². The number of nitrogens with one attached hydrogen (secondary N) is 1. The molecule has 0 aliphatic heterocycles. The highest BCUT2D eigenvalue weighted by molar-refractivity contribution is 7.89. The van der Waals surface area contributed by atoms with Crippen molar-refractivity contribution < 1.29 is 13.2 Å². The first-order valence-electron chi connectivity index (χ1n) is 6.61. The van der Waals surface area contributed by atoms with Gasteiger partial charge in [0.15, 0.2) is 5.69 Å². The smallest absolute Gasteiger partial charge is 0.275 e. The Hall–Kier alpha value is -1.41. The van der Waals surface area contributed by atoms with Gasteiger partial charge < -0.3 is 4.90 Å². The zero-order valence-electron chi connectivity index (χ0n) is 11.9. The Morgan fingerprint density at radius 3 is 2.60 bits per heavy atom. The van der Waals surface area contributed by atoms with Crippen molar-refractivity contribution in [2.24, 2.45) is 17.0 Å². The Balaban J connectivity index is 2.28. The molecule has 2 rings (SSSR count). The summed E-state index contributed by atoms with van der Waals surface area (Å²) in [5.74, 6) is 0.698. The average Bonchev–Trinajstić information content (AvgIpc) is 2.90. The molecule has 7 nitrogen and oxygen atoms in total. The summed E-state index contributed by atoms with van der Waals surface area (Å²) < 4.78 is 23.3. The van der Waals surface area contributed by atoms with Crippen LogP contribution in [0.5, 0.6) is 0 Å². The number of aromatic amines is 1. The summed E-state index contributed by atoms with van der Waals surface area (Å²) in [6.07, 6.45) is 1.51. The summed E-state index contributed by atoms with van der Waals surface area (Å²) in [5.41, 5.74) is 0.254. The van der Waals surface area contributed by atoms with Gasteiger partial charge >= 0.3 is 0 Å². The molecule has 2 atom stereocenters. The summed E-state index contributed by atoms with van der Waals surface area (Å²) in [5, 5.41) is 11.6. The van der Waals surface area contributed by atoms with Crippen molar-refractivity contribution in [2.75, 3.05) is 13.6 Å². The van der Waals surface area contributed by atoms with Crippen molar-refractivity contribution in [3.05, 3.63) is 11.4 Å². The van der Waals surface area contributed by atoms with Crippen LogP contribution in [0.3, 0.4) is 0 Å². The van der Waals surface area contributed by atoms with Crippen LogP contribution in [0.1, 0.15) is 36.5 Å². The molecule has 1 saturated carbocycles. The van der Waals surface area contributed by atoms with Crippen LogP contribution in [0.15, 0.2) is 4.90 Å². The number of aryl methyl sites for hydroxylation is 1. The van der Waals surface area contributed by atoms with E-state index < -0.39 is 15.9 Å². The van der Waals surface area contributed by atoms with Gasteiger partial charge in [-0.2, -0.15) is 5.10 Å². The topological polar surface area (TPSA) is 109 Å². The normalized spacial score (nSPS) is 21.8. The van der Waals surface area contributed by atoms with Crippen molar-refractivity contribution in [3.63, 3.8) is 0 Å². The van der Waals surface area contributed by atoms with Gasteiger partial charge in [-0.15, -0.1) is 0 Å². The molecule has 2 unspecified atom stereocenters. The maximum Gasteiger partial charge on any atom is 0.275 e. The van der Waals surface area contributed by atoms with E-state index in [1.807, 2.05) is 0 Å². The zero-order valence-corrected chi connectivity index (χ0v) is 12.7. The molecular formula is C12H20N4O3S. The van der Waals surface area contributed by atoms with Crippen molar-refractivity contribution in [3.8, 4) is 0 Å². The molecule has 1 aromatic heterocycles. The maximum atomic E-state index is 12.3. The molecule has 1 amide bonds. The van der Waals surface area contributed by atoms with E-state index in [2.05, 4.69) is 17.1 Å². The lowest BCUT2D eigenvalue weighted by atomic mass is 10.2. The summed E-state index contributed by atoms with van der Waals surface area (Å²) in [7, 11) is -2.32. The second-order valence-corrected chi connectivity index (χ2v) is 6.94. The number of aromatic nitrogens is 2. The molecular weight excluding hydrogens is 280 g/mol. The van der Waals surface area contributed by atoms with Crippen molar-refractivity contribution in [2.45, 2.75) is 31.6 Å². The van der Waals surface area contributed by atoms with E-state index in [-0.39, 0.29) is 10.6 Å². The van der Waals surface area contributed by atoms with E-state index in [0.717, 1.165) is 6.42 Å². The van der Waals surface area contributed by atoms with E-state index >= 15 is 0 Å². The first kappa shape index (κ1) is 15.0. The number of primary sulfonamides is 1. The molecule has 1 aliphatic rings.